The van der Waals surface area contributed by atoms with Gasteiger partial charge in [0.1, 0.15) is 23.0 Å². The van der Waals surface area contributed by atoms with Gasteiger partial charge >= 0.3 is 0 Å². The lowest BCUT2D eigenvalue weighted by atomic mass is 10.2. The van der Waals surface area contributed by atoms with E-state index in [1.165, 1.54) is 11.3 Å². The van der Waals surface area contributed by atoms with E-state index in [1.54, 1.807) is 41.5 Å². The standard InChI is InChI=1S/C18H12N4O2S/c23-18(15-10-25-11-21-15)22-17-6-5-12(9-20-17)24-16-7-8-19-14-4-2-1-3-13(14)16/h1-11H,(H,20,22,23). The average Bonchev–Trinajstić information content (AvgIpc) is 3.19. The third-order valence-corrected chi connectivity index (χ3v) is 4.07. The van der Waals surface area contributed by atoms with Crippen molar-refractivity contribution in [2.24, 2.45) is 0 Å². The number of para-hydroxylation sites is 1. The Kier molecular flexibility index (Phi) is 4.05. The number of aromatic nitrogens is 3. The van der Waals surface area contributed by atoms with E-state index in [2.05, 4.69) is 20.3 Å². The fraction of sp³-hybridized carbons (Fsp3) is 0. The summed E-state index contributed by atoms with van der Waals surface area (Å²) in [6, 6.07) is 13.0. The second-order valence-corrected chi connectivity index (χ2v) is 5.85. The lowest BCUT2D eigenvalue weighted by molar-refractivity contribution is 0.102. The van der Waals surface area contributed by atoms with Crippen molar-refractivity contribution in [3.63, 3.8) is 0 Å². The summed E-state index contributed by atoms with van der Waals surface area (Å²) in [6.07, 6.45) is 3.26. The molecule has 7 heteroatoms. The maximum Gasteiger partial charge on any atom is 0.276 e. The summed E-state index contributed by atoms with van der Waals surface area (Å²) >= 11 is 1.37. The van der Waals surface area contributed by atoms with E-state index in [9.17, 15) is 4.79 Å². The fourth-order valence-corrected chi connectivity index (χ4v) is 2.84. The fourth-order valence-electron chi connectivity index (χ4n) is 2.31. The van der Waals surface area contributed by atoms with Gasteiger partial charge < -0.3 is 10.1 Å². The molecular formula is C18H12N4O2S. The van der Waals surface area contributed by atoms with Gasteiger partial charge in [0.2, 0.25) is 0 Å². The summed E-state index contributed by atoms with van der Waals surface area (Å²) in [5.74, 6) is 1.42. The summed E-state index contributed by atoms with van der Waals surface area (Å²) in [5, 5.41) is 5.30. The van der Waals surface area contributed by atoms with Crippen molar-refractivity contribution in [3.8, 4) is 11.5 Å². The molecule has 1 amide bonds. The molecule has 0 saturated heterocycles. The van der Waals surface area contributed by atoms with Crippen LogP contribution in [0, 0.1) is 0 Å². The molecule has 0 unspecified atom stereocenters. The first-order valence-corrected chi connectivity index (χ1v) is 8.41. The van der Waals surface area contributed by atoms with Crippen LogP contribution in [0.4, 0.5) is 5.82 Å². The molecule has 122 valence electrons. The number of rotatable bonds is 4. The molecule has 0 aliphatic heterocycles. The number of carbonyl (C=O) groups is 1. The second-order valence-electron chi connectivity index (χ2n) is 5.14. The Balaban J connectivity index is 1.51. The van der Waals surface area contributed by atoms with Crippen molar-refractivity contribution in [3.05, 3.63) is 71.4 Å². The van der Waals surface area contributed by atoms with Crippen molar-refractivity contribution in [2.45, 2.75) is 0 Å². The zero-order chi connectivity index (χ0) is 17.1. The predicted molar refractivity (Wildman–Crippen MR) is 96.1 cm³/mol. The van der Waals surface area contributed by atoms with Gasteiger partial charge in [-0.25, -0.2) is 9.97 Å². The number of thiazole rings is 1. The molecule has 0 aliphatic rings. The number of hydrogen-bond acceptors (Lipinski definition) is 6. The van der Waals surface area contributed by atoms with E-state index < -0.39 is 0 Å². The van der Waals surface area contributed by atoms with E-state index in [4.69, 9.17) is 4.74 Å². The highest BCUT2D eigenvalue weighted by molar-refractivity contribution is 7.07. The maximum absolute atomic E-state index is 12.0. The Bertz CT molecular complexity index is 1010. The first-order chi connectivity index (χ1) is 12.3. The van der Waals surface area contributed by atoms with Crippen LogP contribution in [0.5, 0.6) is 11.5 Å². The molecule has 4 aromatic rings. The Morgan fingerprint density at radius 1 is 1.04 bits per heavy atom. The van der Waals surface area contributed by atoms with Gasteiger partial charge in [0, 0.05) is 17.0 Å². The number of amides is 1. The van der Waals surface area contributed by atoms with Gasteiger partial charge in [0.05, 0.1) is 17.2 Å². The Morgan fingerprint density at radius 2 is 1.96 bits per heavy atom. The molecule has 0 saturated carbocycles. The van der Waals surface area contributed by atoms with Crippen LogP contribution in [-0.4, -0.2) is 20.9 Å². The number of anilines is 1. The van der Waals surface area contributed by atoms with Crippen molar-refractivity contribution >= 4 is 34.0 Å². The molecular weight excluding hydrogens is 336 g/mol. The maximum atomic E-state index is 12.0. The highest BCUT2D eigenvalue weighted by Gasteiger charge is 2.09. The van der Waals surface area contributed by atoms with Gasteiger partial charge in [-0.2, -0.15) is 0 Å². The third-order valence-electron chi connectivity index (χ3n) is 3.48. The molecule has 0 fully saturated rings. The predicted octanol–water partition coefficient (Wildman–Crippen LogP) is 4.13. The Morgan fingerprint density at radius 3 is 2.76 bits per heavy atom. The van der Waals surface area contributed by atoms with Gasteiger partial charge in [0.15, 0.2) is 0 Å². The lowest BCUT2D eigenvalue weighted by Crippen LogP contribution is -2.13. The number of fused-ring (bicyclic) bond motifs is 1. The molecule has 4 rings (SSSR count). The lowest BCUT2D eigenvalue weighted by Gasteiger charge is -2.09. The summed E-state index contributed by atoms with van der Waals surface area (Å²) < 4.78 is 5.90. The SMILES string of the molecule is O=C(Nc1ccc(Oc2ccnc3ccccc23)cn1)c1cscn1. The monoisotopic (exact) mass is 348 g/mol. The van der Waals surface area contributed by atoms with Crippen LogP contribution in [0.25, 0.3) is 10.9 Å². The topological polar surface area (TPSA) is 77.0 Å². The molecule has 0 spiro atoms. The Hall–Kier alpha value is -3.32. The number of hydrogen-bond donors (Lipinski definition) is 1. The third kappa shape index (κ3) is 3.31. The zero-order valence-corrected chi connectivity index (χ0v) is 13.7. The number of ether oxygens (including phenoxy) is 1. The van der Waals surface area contributed by atoms with Crippen molar-refractivity contribution in [1.82, 2.24) is 15.0 Å². The Labute approximate surface area is 147 Å². The van der Waals surface area contributed by atoms with Gasteiger partial charge in [-0.15, -0.1) is 11.3 Å². The minimum atomic E-state index is -0.289. The smallest absolute Gasteiger partial charge is 0.276 e. The number of carbonyl (C=O) groups excluding carboxylic acids is 1. The van der Waals surface area contributed by atoms with E-state index in [0.717, 1.165) is 10.9 Å². The van der Waals surface area contributed by atoms with E-state index in [-0.39, 0.29) is 5.91 Å². The van der Waals surface area contributed by atoms with Crippen LogP contribution in [0.3, 0.4) is 0 Å². The quantitative estimate of drug-likeness (QED) is 0.600. The average molecular weight is 348 g/mol. The second kappa shape index (κ2) is 6.66. The van der Waals surface area contributed by atoms with Gasteiger partial charge in [0.25, 0.3) is 5.91 Å². The van der Waals surface area contributed by atoms with Crippen LogP contribution in [0.1, 0.15) is 10.5 Å². The summed E-state index contributed by atoms with van der Waals surface area (Å²) in [6.45, 7) is 0. The molecule has 1 aromatic carbocycles. The van der Waals surface area contributed by atoms with Crippen LogP contribution in [0.2, 0.25) is 0 Å². The van der Waals surface area contributed by atoms with E-state index in [0.29, 0.717) is 23.0 Å². The van der Waals surface area contributed by atoms with Crippen LogP contribution >= 0.6 is 11.3 Å². The van der Waals surface area contributed by atoms with Crippen LogP contribution in [-0.2, 0) is 0 Å². The highest BCUT2D eigenvalue weighted by Crippen LogP contribution is 2.28. The molecule has 0 bridgehead atoms. The number of nitrogens with zero attached hydrogens (tertiary/aromatic N) is 3. The normalized spacial score (nSPS) is 10.6. The van der Waals surface area contributed by atoms with E-state index in [1.807, 2.05) is 24.3 Å². The molecule has 1 N–H and O–H groups in total. The summed E-state index contributed by atoms with van der Waals surface area (Å²) in [5.41, 5.74) is 2.84. The molecule has 0 radical (unpaired) electrons. The van der Waals surface area contributed by atoms with Gasteiger partial charge in [-0.05, 0) is 30.3 Å². The zero-order valence-electron chi connectivity index (χ0n) is 12.9. The molecule has 25 heavy (non-hydrogen) atoms. The molecule has 3 aromatic heterocycles. The molecule has 3 heterocycles. The number of benzene rings is 1. The van der Waals surface area contributed by atoms with E-state index >= 15 is 0 Å². The first kappa shape index (κ1) is 15.2. The molecule has 0 atom stereocenters. The van der Waals surface area contributed by atoms with Crippen molar-refractivity contribution < 1.29 is 9.53 Å². The first-order valence-electron chi connectivity index (χ1n) is 7.47. The number of nitrogens with one attached hydrogen (secondary N) is 1. The number of pyridine rings is 2. The van der Waals surface area contributed by atoms with Crippen LogP contribution in [0.15, 0.2) is 65.7 Å². The van der Waals surface area contributed by atoms with Crippen LogP contribution < -0.4 is 10.1 Å². The van der Waals surface area contributed by atoms with Crippen molar-refractivity contribution in [2.75, 3.05) is 5.32 Å². The molecule has 0 aliphatic carbocycles. The van der Waals surface area contributed by atoms with Gasteiger partial charge in [-0.1, -0.05) is 12.1 Å². The summed E-state index contributed by atoms with van der Waals surface area (Å²) in [7, 11) is 0. The largest absolute Gasteiger partial charge is 0.455 e. The summed E-state index contributed by atoms with van der Waals surface area (Å²) in [4.78, 5) is 24.4. The highest BCUT2D eigenvalue weighted by atomic mass is 32.1. The minimum Gasteiger partial charge on any atom is -0.455 e. The molecule has 6 nitrogen and oxygen atoms in total. The minimum absolute atomic E-state index is 0.289. The van der Waals surface area contributed by atoms with Gasteiger partial charge in [-0.3, -0.25) is 9.78 Å². The van der Waals surface area contributed by atoms with Crippen molar-refractivity contribution in [1.29, 1.82) is 0 Å².